The molecule has 8 heteroatoms. The number of nitrogens with zero attached hydrogens (tertiary/aromatic N) is 2. The zero-order valence-electron chi connectivity index (χ0n) is 12.1. The van der Waals surface area contributed by atoms with Gasteiger partial charge in [0.05, 0.1) is 5.75 Å². The molecule has 0 aliphatic rings. The molecule has 0 aliphatic carbocycles. The van der Waals surface area contributed by atoms with E-state index in [1.807, 2.05) is 0 Å². The number of hydrogen-bond donors (Lipinski definition) is 1. The number of rotatable bonds is 8. The van der Waals surface area contributed by atoms with Crippen LogP contribution in [0.5, 0.6) is 5.75 Å². The normalized spacial score (nSPS) is 10.6. The van der Waals surface area contributed by atoms with Crippen molar-refractivity contribution in [1.29, 1.82) is 0 Å². The monoisotopic (exact) mass is 339 g/mol. The molecule has 1 aromatic heterocycles. The van der Waals surface area contributed by atoms with E-state index >= 15 is 0 Å². The molecule has 1 heterocycles. The molecule has 0 spiro atoms. The molecule has 0 unspecified atom stereocenters. The number of halogens is 2. The third-order valence-corrected chi connectivity index (χ3v) is 3.66. The number of amides is 1. The van der Waals surface area contributed by atoms with Crippen LogP contribution in [0.25, 0.3) is 0 Å². The Morgan fingerprint density at radius 3 is 2.70 bits per heavy atom. The lowest BCUT2D eigenvalue weighted by Crippen LogP contribution is -2.27. The SMILES string of the molecule is O=C(CSc1ncccn1)NCCc1ccccc1OC(F)F. The molecule has 0 aliphatic heterocycles. The van der Waals surface area contributed by atoms with Crippen molar-refractivity contribution in [2.75, 3.05) is 12.3 Å². The zero-order valence-corrected chi connectivity index (χ0v) is 12.9. The van der Waals surface area contributed by atoms with Gasteiger partial charge in [-0.1, -0.05) is 30.0 Å². The number of ether oxygens (including phenoxy) is 1. The maximum Gasteiger partial charge on any atom is 0.387 e. The van der Waals surface area contributed by atoms with Crippen LogP contribution in [0.1, 0.15) is 5.56 Å². The van der Waals surface area contributed by atoms with Crippen LogP contribution in [0.2, 0.25) is 0 Å². The predicted octanol–water partition coefficient (Wildman–Crippen LogP) is 2.53. The summed E-state index contributed by atoms with van der Waals surface area (Å²) in [5.74, 6) is 0.151. The van der Waals surface area contributed by atoms with Crippen LogP contribution in [0.4, 0.5) is 8.78 Å². The van der Waals surface area contributed by atoms with E-state index in [4.69, 9.17) is 0 Å². The largest absolute Gasteiger partial charge is 0.435 e. The number of aromatic nitrogens is 2. The van der Waals surface area contributed by atoms with E-state index in [1.165, 1.54) is 17.8 Å². The molecule has 0 saturated heterocycles. The number of para-hydroxylation sites is 1. The first-order chi connectivity index (χ1) is 11.1. The standard InChI is InChI=1S/C15H15F2N3O2S/c16-14(17)22-12-5-2-1-4-11(12)6-9-18-13(21)10-23-15-19-7-3-8-20-15/h1-5,7-8,14H,6,9-10H2,(H,18,21). The van der Waals surface area contributed by atoms with Crippen molar-refractivity contribution in [3.05, 3.63) is 48.3 Å². The van der Waals surface area contributed by atoms with Crippen LogP contribution >= 0.6 is 11.8 Å². The maximum atomic E-state index is 12.3. The molecule has 23 heavy (non-hydrogen) atoms. The Bertz CT molecular complexity index is 629. The Balaban J connectivity index is 1.75. The number of thioether (sulfide) groups is 1. The maximum absolute atomic E-state index is 12.3. The lowest BCUT2D eigenvalue weighted by Gasteiger charge is -2.10. The van der Waals surface area contributed by atoms with Crippen molar-refractivity contribution in [3.63, 3.8) is 0 Å². The number of hydrogen-bond acceptors (Lipinski definition) is 5. The second-order valence-corrected chi connectivity index (χ2v) is 5.35. The van der Waals surface area contributed by atoms with Gasteiger partial charge < -0.3 is 10.1 Å². The molecule has 1 amide bonds. The van der Waals surface area contributed by atoms with Crippen molar-refractivity contribution in [2.24, 2.45) is 0 Å². The van der Waals surface area contributed by atoms with Crippen LogP contribution < -0.4 is 10.1 Å². The molecular formula is C15H15F2N3O2S. The first-order valence-corrected chi connectivity index (χ1v) is 7.83. The van der Waals surface area contributed by atoms with Gasteiger partial charge in [-0.3, -0.25) is 4.79 Å². The van der Waals surface area contributed by atoms with Crippen molar-refractivity contribution >= 4 is 17.7 Å². The predicted molar refractivity (Wildman–Crippen MR) is 82.5 cm³/mol. The summed E-state index contributed by atoms with van der Waals surface area (Å²) in [6.07, 6.45) is 3.61. The van der Waals surface area contributed by atoms with E-state index in [0.717, 1.165) is 0 Å². The third-order valence-electron chi connectivity index (χ3n) is 2.78. The molecule has 2 rings (SSSR count). The lowest BCUT2D eigenvalue weighted by molar-refractivity contribution is -0.118. The first-order valence-electron chi connectivity index (χ1n) is 6.84. The van der Waals surface area contributed by atoms with Gasteiger partial charge in [-0.25, -0.2) is 9.97 Å². The van der Waals surface area contributed by atoms with Gasteiger partial charge in [0.2, 0.25) is 5.91 Å². The fraction of sp³-hybridized carbons (Fsp3) is 0.267. The number of nitrogens with one attached hydrogen (secondary N) is 1. The molecule has 0 bridgehead atoms. The van der Waals surface area contributed by atoms with Crippen LogP contribution in [0.3, 0.4) is 0 Å². The highest BCUT2D eigenvalue weighted by atomic mass is 32.2. The minimum absolute atomic E-state index is 0.129. The Morgan fingerprint density at radius 1 is 1.22 bits per heavy atom. The lowest BCUT2D eigenvalue weighted by atomic mass is 10.1. The Morgan fingerprint density at radius 2 is 1.96 bits per heavy atom. The summed E-state index contributed by atoms with van der Waals surface area (Å²) in [5, 5.41) is 3.25. The van der Waals surface area contributed by atoms with Gasteiger partial charge in [-0.05, 0) is 24.1 Å². The van der Waals surface area contributed by atoms with E-state index in [2.05, 4.69) is 20.0 Å². The summed E-state index contributed by atoms with van der Waals surface area (Å²) >= 11 is 1.23. The number of carbonyl (C=O) groups is 1. The van der Waals surface area contributed by atoms with Gasteiger partial charge in [0.15, 0.2) is 5.16 Å². The topological polar surface area (TPSA) is 64.1 Å². The molecule has 122 valence electrons. The van der Waals surface area contributed by atoms with Gasteiger partial charge >= 0.3 is 6.61 Å². The van der Waals surface area contributed by atoms with Crippen LogP contribution in [-0.4, -0.2) is 34.8 Å². The second kappa shape index (κ2) is 9.04. The quantitative estimate of drug-likeness (QED) is 0.591. The van der Waals surface area contributed by atoms with E-state index in [0.29, 0.717) is 23.7 Å². The summed E-state index contributed by atoms with van der Waals surface area (Å²) in [7, 11) is 0. The van der Waals surface area contributed by atoms with Crippen molar-refractivity contribution in [2.45, 2.75) is 18.2 Å². The molecule has 2 aromatic rings. The smallest absolute Gasteiger partial charge is 0.387 e. The van der Waals surface area contributed by atoms with Crippen molar-refractivity contribution < 1.29 is 18.3 Å². The van der Waals surface area contributed by atoms with Gasteiger partial charge in [-0.15, -0.1) is 0 Å². The van der Waals surface area contributed by atoms with Crippen LogP contribution in [0.15, 0.2) is 47.9 Å². The van der Waals surface area contributed by atoms with Crippen LogP contribution in [0, 0.1) is 0 Å². The molecule has 1 N–H and O–H groups in total. The highest BCUT2D eigenvalue weighted by Gasteiger charge is 2.09. The molecule has 0 radical (unpaired) electrons. The average Bonchev–Trinajstić information content (AvgIpc) is 2.55. The summed E-state index contributed by atoms with van der Waals surface area (Å²) in [6, 6.07) is 8.22. The summed E-state index contributed by atoms with van der Waals surface area (Å²) in [6.45, 7) is -2.54. The molecule has 0 fully saturated rings. The molecule has 1 aromatic carbocycles. The first kappa shape index (κ1) is 17.1. The van der Waals surface area contributed by atoms with Crippen molar-refractivity contribution in [1.82, 2.24) is 15.3 Å². The molecular weight excluding hydrogens is 324 g/mol. The molecule has 0 saturated carbocycles. The number of alkyl halides is 2. The second-order valence-electron chi connectivity index (χ2n) is 4.41. The highest BCUT2D eigenvalue weighted by Crippen LogP contribution is 2.20. The van der Waals surface area contributed by atoms with E-state index in [1.54, 1.807) is 36.7 Å². The van der Waals surface area contributed by atoms with Crippen molar-refractivity contribution in [3.8, 4) is 5.75 Å². The van der Waals surface area contributed by atoms with Gasteiger partial charge in [0.25, 0.3) is 0 Å². The average molecular weight is 339 g/mol. The summed E-state index contributed by atoms with van der Waals surface area (Å²) in [5.41, 5.74) is 0.618. The third kappa shape index (κ3) is 6.19. The number of benzene rings is 1. The van der Waals surface area contributed by atoms with E-state index < -0.39 is 6.61 Å². The Kier molecular flexibility index (Phi) is 6.74. The van der Waals surface area contributed by atoms with Gasteiger partial charge in [-0.2, -0.15) is 8.78 Å². The van der Waals surface area contributed by atoms with Gasteiger partial charge in [0.1, 0.15) is 5.75 Å². The summed E-state index contributed by atoms with van der Waals surface area (Å²) in [4.78, 5) is 19.7. The number of carbonyl (C=O) groups excluding carboxylic acids is 1. The summed E-state index contributed by atoms with van der Waals surface area (Å²) < 4.78 is 29.1. The Hall–Kier alpha value is -2.22. The highest BCUT2D eigenvalue weighted by molar-refractivity contribution is 7.99. The zero-order chi connectivity index (χ0) is 16.5. The molecule has 5 nitrogen and oxygen atoms in total. The minimum atomic E-state index is -2.87. The van der Waals surface area contributed by atoms with E-state index in [9.17, 15) is 13.6 Å². The molecule has 0 atom stereocenters. The fourth-order valence-electron chi connectivity index (χ4n) is 1.80. The van der Waals surface area contributed by atoms with Gasteiger partial charge in [0, 0.05) is 18.9 Å². The van der Waals surface area contributed by atoms with Crippen LogP contribution in [-0.2, 0) is 11.2 Å². The fourth-order valence-corrected chi connectivity index (χ4v) is 2.43. The Labute approximate surface area is 136 Å². The minimum Gasteiger partial charge on any atom is -0.435 e. The van der Waals surface area contributed by atoms with E-state index in [-0.39, 0.29) is 17.4 Å².